The van der Waals surface area contributed by atoms with Gasteiger partial charge in [0.05, 0.1) is 0 Å². The van der Waals surface area contributed by atoms with Crippen molar-refractivity contribution in [2.75, 3.05) is 17.8 Å². The van der Waals surface area contributed by atoms with E-state index >= 15 is 0 Å². The summed E-state index contributed by atoms with van der Waals surface area (Å²) in [4.78, 5) is 24.3. The number of rotatable bonds is 3. The fraction of sp³-hybridized carbons (Fsp3) is 0.385. The van der Waals surface area contributed by atoms with E-state index in [0.717, 1.165) is 23.2 Å². The van der Waals surface area contributed by atoms with Crippen molar-refractivity contribution in [2.45, 2.75) is 19.4 Å². The summed E-state index contributed by atoms with van der Waals surface area (Å²) in [5.41, 5.74) is 3.13. The van der Waals surface area contributed by atoms with Crippen LogP contribution in [0.15, 0.2) is 18.2 Å². The number of amides is 2. The average Bonchev–Trinajstić information content (AvgIpc) is 2.40. The lowest BCUT2D eigenvalue weighted by atomic mass is 9.99. The van der Waals surface area contributed by atoms with Crippen molar-refractivity contribution < 1.29 is 9.59 Å². The van der Waals surface area contributed by atoms with Crippen LogP contribution in [0.5, 0.6) is 0 Å². The second-order valence-corrected chi connectivity index (χ2v) is 4.59. The van der Waals surface area contributed by atoms with Crippen molar-refractivity contribution in [3.63, 3.8) is 0 Å². The minimum atomic E-state index is -0.179. The first kappa shape index (κ1) is 12.9. The third kappa shape index (κ3) is 2.64. The molecule has 0 aromatic heterocycles. The zero-order chi connectivity index (χ0) is 13.1. The maximum Gasteiger partial charge on any atom is 0.235 e. The number of alkyl halides is 1. The second kappa shape index (κ2) is 5.40. The lowest BCUT2D eigenvalue weighted by Crippen LogP contribution is -2.31. The van der Waals surface area contributed by atoms with Crippen LogP contribution in [0, 0.1) is 0 Å². The van der Waals surface area contributed by atoms with E-state index in [0.29, 0.717) is 13.0 Å². The average molecular weight is 267 g/mol. The summed E-state index contributed by atoms with van der Waals surface area (Å²) in [6, 6.07) is 5.88. The smallest absolute Gasteiger partial charge is 0.235 e. The Hall–Kier alpha value is -1.55. The molecule has 0 bridgehead atoms. The van der Waals surface area contributed by atoms with Crippen molar-refractivity contribution >= 4 is 29.1 Å². The molecule has 1 heterocycles. The molecule has 2 rings (SSSR count). The van der Waals surface area contributed by atoms with Gasteiger partial charge in [0.25, 0.3) is 0 Å². The molecule has 4 nitrogen and oxygen atoms in total. The van der Waals surface area contributed by atoms with Gasteiger partial charge in [-0.05, 0) is 23.6 Å². The number of benzene rings is 1. The third-order valence-corrected chi connectivity index (χ3v) is 3.34. The van der Waals surface area contributed by atoms with Crippen molar-refractivity contribution in [3.05, 3.63) is 29.3 Å². The predicted octanol–water partition coefficient (Wildman–Crippen LogP) is 1.45. The first-order valence-corrected chi connectivity index (χ1v) is 6.36. The van der Waals surface area contributed by atoms with E-state index in [9.17, 15) is 9.59 Å². The van der Waals surface area contributed by atoms with E-state index in [-0.39, 0.29) is 17.7 Å². The van der Waals surface area contributed by atoms with Gasteiger partial charge in [-0.15, -0.1) is 11.6 Å². The second-order valence-electron chi connectivity index (χ2n) is 4.33. The maximum atomic E-state index is 11.5. The first-order valence-electron chi connectivity index (χ1n) is 5.83. The zero-order valence-electron chi connectivity index (χ0n) is 10.2. The van der Waals surface area contributed by atoms with Gasteiger partial charge >= 0.3 is 0 Å². The van der Waals surface area contributed by atoms with Gasteiger partial charge in [0, 0.05) is 25.7 Å². The molecule has 1 aliphatic heterocycles. The number of aryl methyl sites for hydroxylation is 1. The Kier molecular flexibility index (Phi) is 3.87. The molecule has 0 radical (unpaired) electrons. The summed E-state index contributed by atoms with van der Waals surface area (Å²) in [5, 5.41) is 2.72. The number of halogens is 1. The van der Waals surface area contributed by atoms with Crippen molar-refractivity contribution in [3.8, 4) is 0 Å². The summed E-state index contributed by atoms with van der Waals surface area (Å²) < 4.78 is 0. The van der Waals surface area contributed by atoms with Gasteiger partial charge in [-0.1, -0.05) is 12.1 Å². The molecule has 1 aromatic rings. The topological polar surface area (TPSA) is 49.4 Å². The molecule has 1 aromatic carbocycles. The van der Waals surface area contributed by atoms with Gasteiger partial charge < -0.3 is 10.2 Å². The van der Waals surface area contributed by atoms with Gasteiger partial charge in [0.2, 0.25) is 11.8 Å². The summed E-state index contributed by atoms with van der Waals surface area (Å²) >= 11 is 5.41. The molecule has 0 unspecified atom stereocenters. The highest BCUT2D eigenvalue weighted by Crippen LogP contribution is 2.27. The Morgan fingerprint density at radius 2 is 2.22 bits per heavy atom. The molecule has 1 N–H and O–H groups in total. The van der Waals surface area contributed by atoms with Crippen molar-refractivity contribution in [1.29, 1.82) is 0 Å². The Bertz CT molecular complexity index is 488. The van der Waals surface area contributed by atoms with Crippen molar-refractivity contribution in [1.82, 2.24) is 5.32 Å². The van der Waals surface area contributed by atoms with Crippen LogP contribution < -0.4 is 10.2 Å². The SMILES string of the molecule is CN1C(=O)CCc2cc(CNC(=O)CCl)ccc21. The highest BCUT2D eigenvalue weighted by atomic mass is 35.5. The number of nitrogens with zero attached hydrogens (tertiary/aromatic N) is 1. The molecule has 2 amide bonds. The fourth-order valence-electron chi connectivity index (χ4n) is 2.07. The molecule has 0 atom stereocenters. The van der Waals surface area contributed by atoms with Gasteiger partial charge in [-0.25, -0.2) is 0 Å². The summed E-state index contributed by atoms with van der Waals surface area (Å²) in [5.74, 6) is -0.0605. The summed E-state index contributed by atoms with van der Waals surface area (Å²) in [7, 11) is 1.79. The van der Waals surface area contributed by atoms with E-state index in [1.807, 2.05) is 18.2 Å². The van der Waals surface area contributed by atoms with Crippen LogP contribution in [0.25, 0.3) is 0 Å². The molecule has 0 spiro atoms. The monoisotopic (exact) mass is 266 g/mol. The van der Waals surface area contributed by atoms with E-state index in [1.54, 1.807) is 11.9 Å². The van der Waals surface area contributed by atoms with Crippen LogP contribution in [0.1, 0.15) is 17.5 Å². The third-order valence-electron chi connectivity index (χ3n) is 3.10. The highest BCUT2D eigenvalue weighted by Gasteiger charge is 2.20. The molecular weight excluding hydrogens is 252 g/mol. The number of nitrogens with one attached hydrogen (secondary N) is 1. The van der Waals surface area contributed by atoms with Crippen LogP contribution in [0.3, 0.4) is 0 Å². The van der Waals surface area contributed by atoms with Crippen LogP contribution in [0.4, 0.5) is 5.69 Å². The molecule has 1 aliphatic rings. The minimum absolute atomic E-state index is 0.0256. The number of carbonyl (C=O) groups is 2. The van der Waals surface area contributed by atoms with Crippen LogP contribution in [-0.4, -0.2) is 24.7 Å². The van der Waals surface area contributed by atoms with Gasteiger partial charge in [0.15, 0.2) is 0 Å². The normalized spacial score (nSPS) is 14.3. The summed E-state index contributed by atoms with van der Waals surface area (Å²) in [6.07, 6.45) is 1.30. The van der Waals surface area contributed by atoms with E-state index < -0.39 is 0 Å². The zero-order valence-corrected chi connectivity index (χ0v) is 11.0. The molecule has 0 aliphatic carbocycles. The number of hydrogen-bond donors (Lipinski definition) is 1. The number of carbonyl (C=O) groups excluding carboxylic acids is 2. The summed E-state index contributed by atoms with van der Waals surface area (Å²) in [6.45, 7) is 0.469. The van der Waals surface area contributed by atoms with Gasteiger partial charge in [-0.2, -0.15) is 0 Å². The number of fused-ring (bicyclic) bond motifs is 1. The molecule has 0 fully saturated rings. The van der Waals surface area contributed by atoms with Gasteiger partial charge in [-0.3, -0.25) is 9.59 Å². The van der Waals surface area contributed by atoms with E-state index in [1.165, 1.54) is 0 Å². The fourth-order valence-corrected chi connectivity index (χ4v) is 2.16. The molecule has 0 saturated heterocycles. The lowest BCUT2D eigenvalue weighted by molar-refractivity contribution is -0.119. The largest absolute Gasteiger partial charge is 0.351 e. The van der Waals surface area contributed by atoms with Crippen molar-refractivity contribution in [2.24, 2.45) is 0 Å². The quantitative estimate of drug-likeness (QED) is 0.842. The lowest BCUT2D eigenvalue weighted by Gasteiger charge is -2.26. The molecule has 96 valence electrons. The van der Waals surface area contributed by atoms with E-state index in [2.05, 4.69) is 5.32 Å². The number of hydrogen-bond acceptors (Lipinski definition) is 2. The molecular formula is C13H15ClN2O2. The molecule has 18 heavy (non-hydrogen) atoms. The van der Waals surface area contributed by atoms with Crippen LogP contribution in [-0.2, 0) is 22.6 Å². The predicted molar refractivity (Wildman–Crippen MR) is 70.7 cm³/mol. The van der Waals surface area contributed by atoms with Crippen LogP contribution in [0.2, 0.25) is 0 Å². The Balaban J connectivity index is 2.13. The highest BCUT2D eigenvalue weighted by molar-refractivity contribution is 6.27. The standard InChI is InChI=1S/C13H15ClN2O2/c1-16-11-4-2-9(8-15-12(17)7-14)6-10(11)3-5-13(16)18/h2,4,6H,3,5,7-8H2,1H3,(H,15,17). The Labute approximate surface area is 111 Å². The maximum absolute atomic E-state index is 11.5. The Morgan fingerprint density at radius 1 is 1.44 bits per heavy atom. The minimum Gasteiger partial charge on any atom is -0.351 e. The van der Waals surface area contributed by atoms with Gasteiger partial charge in [0.1, 0.15) is 5.88 Å². The molecule has 5 heteroatoms. The first-order chi connectivity index (χ1) is 8.61. The number of anilines is 1. The van der Waals surface area contributed by atoms with E-state index in [4.69, 9.17) is 11.6 Å². The molecule has 0 saturated carbocycles. The van der Waals surface area contributed by atoms with Crippen LogP contribution >= 0.6 is 11.6 Å². The Morgan fingerprint density at radius 3 is 2.94 bits per heavy atom.